The van der Waals surface area contributed by atoms with Crippen LogP contribution in [0.1, 0.15) is 37.8 Å². The number of nitrogens with zero attached hydrogens (tertiary/aromatic N) is 2. The van der Waals surface area contributed by atoms with Crippen molar-refractivity contribution in [1.82, 2.24) is 15.5 Å². The van der Waals surface area contributed by atoms with Gasteiger partial charge in [-0.3, -0.25) is 14.5 Å². The Kier molecular flexibility index (Phi) is 6.57. The topological polar surface area (TPSA) is 76.7 Å². The SMILES string of the molecule is CC(=O)N[C@@]12CNCC[C@@H]1[C@@H](c1ccccc1)N(CC(=O)Nc1ccc(N3CCCC3)cc1)C2. The Balaban J connectivity index is 1.33. The van der Waals surface area contributed by atoms with E-state index in [0.29, 0.717) is 6.54 Å². The van der Waals surface area contributed by atoms with Gasteiger partial charge in [0.25, 0.3) is 0 Å². The molecule has 0 unspecified atom stereocenters. The number of rotatable bonds is 6. The first-order valence-electron chi connectivity index (χ1n) is 12.5. The molecule has 7 nitrogen and oxygen atoms in total. The van der Waals surface area contributed by atoms with Gasteiger partial charge in [0.1, 0.15) is 0 Å². The minimum Gasteiger partial charge on any atom is -0.372 e. The average Bonchev–Trinajstić information content (AvgIpc) is 3.46. The van der Waals surface area contributed by atoms with Gasteiger partial charge in [-0.2, -0.15) is 0 Å². The summed E-state index contributed by atoms with van der Waals surface area (Å²) in [6.45, 7) is 6.35. The number of carbonyl (C=O) groups excluding carboxylic acids is 2. The summed E-state index contributed by atoms with van der Waals surface area (Å²) in [5, 5.41) is 9.82. The van der Waals surface area contributed by atoms with E-state index in [1.807, 2.05) is 18.2 Å². The number of likely N-dealkylation sites (tertiary alicyclic amines) is 1. The number of amides is 2. The third kappa shape index (κ3) is 4.68. The van der Waals surface area contributed by atoms with Crippen LogP contribution in [0.3, 0.4) is 0 Å². The van der Waals surface area contributed by atoms with Crippen LogP contribution >= 0.6 is 0 Å². The predicted octanol–water partition coefficient (Wildman–Crippen LogP) is 2.77. The zero-order valence-corrected chi connectivity index (χ0v) is 19.9. The van der Waals surface area contributed by atoms with Gasteiger partial charge in [0.05, 0.1) is 12.1 Å². The Morgan fingerprint density at radius 3 is 2.50 bits per heavy atom. The molecule has 0 aliphatic carbocycles. The Labute approximate surface area is 201 Å². The fourth-order valence-corrected chi connectivity index (χ4v) is 6.22. The highest BCUT2D eigenvalue weighted by molar-refractivity contribution is 5.92. The Bertz CT molecular complexity index is 1010. The standard InChI is InChI=1S/C27H35N5O2/c1-20(33)30-27-18-28-14-13-24(27)26(21-7-3-2-4-8-21)32(19-27)17-25(34)29-22-9-11-23(12-10-22)31-15-5-6-16-31/h2-4,7-12,24,26,28H,5-6,13-19H2,1H3,(H,29,34)(H,30,33)/t24-,26-,27-/m1/s1. The van der Waals surface area contributed by atoms with Crippen molar-refractivity contribution in [3.05, 3.63) is 60.2 Å². The highest BCUT2D eigenvalue weighted by atomic mass is 16.2. The molecule has 2 aromatic rings. The molecule has 3 heterocycles. The molecule has 0 radical (unpaired) electrons. The lowest BCUT2D eigenvalue weighted by Crippen LogP contribution is -2.62. The van der Waals surface area contributed by atoms with E-state index in [-0.39, 0.29) is 35.9 Å². The molecular formula is C27H35N5O2. The predicted molar refractivity (Wildman–Crippen MR) is 135 cm³/mol. The maximum absolute atomic E-state index is 13.2. The van der Waals surface area contributed by atoms with Crippen LogP contribution in [-0.4, -0.2) is 61.5 Å². The van der Waals surface area contributed by atoms with Crippen LogP contribution < -0.4 is 20.9 Å². The summed E-state index contributed by atoms with van der Waals surface area (Å²) in [6.07, 6.45) is 3.44. The van der Waals surface area contributed by atoms with E-state index in [0.717, 1.165) is 38.3 Å². The minimum atomic E-state index is -0.373. The van der Waals surface area contributed by atoms with Gasteiger partial charge in [0, 0.05) is 56.4 Å². The number of piperidine rings is 1. The first-order chi connectivity index (χ1) is 16.5. The van der Waals surface area contributed by atoms with E-state index in [1.165, 1.54) is 24.1 Å². The molecule has 0 bridgehead atoms. The Morgan fingerprint density at radius 2 is 1.79 bits per heavy atom. The molecule has 34 heavy (non-hydrogen) atoms. The number of hydrogen-bond donors (Lipinski definition) is 3. The fourth-order valence-electron chi connectivity index (χ4n) is 6.22. The summed E-state index contributed by atoms with van der Waals surface area (Å²) in [5.74, 6) is 0.192. The van der Waals surface area contributed by atoms with Crippen molar-refractivity contribution in [3.8, 4) is 0 Å². The minimum absolute atomic E-state index is 0.0232. The normalized spacial score (nSPS) is 26.8. The second kappa shape index (κ2) is 9.76. The molecule has 7 heteroatoms. The second-order valence-electron chi connectivity index (χ2n) is 9.96. The van der Waals surface area contributed by atoms with E-state index in [9.17, 15) is 9.59 Å². The smallest absolute Gasteiger partial charge is 0.238 e. The Hall–Kier alpha value is -2.90. The van der Waals surface area contributed by atoms with Crippen molar-refractivity contribution in [2.24, 2.45) is 5.92 Å². The van der Waals surface area contributed by atoms with Gasteiger partial charge in [0.15, 0.2) is 0 Å². The number of anilines is 2. The van der Waals surface area contributed by atoms with Crippen molar-refractivity contribution in [2.75, 3.05) is 49.5 Å². The summed E-state index contributed by atoms with van der Waals surface area (Å²) in [7, 11) is 0. The number of fused-ring (bicyclic) bond motifs is 1. The lowest BCUT2D eigenvalue weighted by molar-refractivity contribution is -0.121. The van der Waals surface area contributed by atoms with Gasteiger partial charge in [-0.1, -0.05) is 30.3 Å². The Morgan fingerprint density at radius 1 is 1.06 bits per heavy atom. The summed E-state index contributed by atoms with van der Waals surface area (Å²) in [5.41, 5.74) is 2.86. The van der Waals surface area contributed by atoms with Gasteiger partial charge >= 0.3 is 0 Å². The number of nitrogens with one attached hydrogen (secondary N) is 3. The molecule has 3 fully saturated rings. The quantitative estimate of drug-likeness (QED) is 0.617. The van der Waals surface area contributed by atoms with Crippen molar-refractivity contribution < 1.29 is 9.59 Å². The maximum atomic E-state index is 13.2. The van der Waals surface area contributed by atoms with Crippen LogP contribution in [0.2, 0.25) is 0 Å². The summed E-state index contributed by atoms with van der Waals surface area (Å²) < 4.78 is 0. The number of benzene rings is 2. The fraction of sp³-hybridized carbons (Fsp3) is 0.481. The average molecular weight is 462 g/mol. The first-order valence-corrected chi connectivity index (χ1v) is 12.5. The van der Waals surface area contributed by atoms with Crippen LogP contribution in [0, 0.1) is 5.92 Å². The van der Waals surface area contributed by atoms with Crippen molar-refractivity contribution in [2.45, 2.75) is 37.8 Å². The molecular weight excluding hydrogens is 426 g/mol. The lowest BCUT2D eigenvalue weighted by Gasteiger charge is -2.41. The lowest BCUT2D eigenvalue weighted by atomic mass is 9.76. The zero-order valence-electron chi connectivity index (χ0n) is 19.9. The van der Waals surface area contributed by atoms with E-state index < -0.39 is 0 Å². The van der Waals surface area contributed by atoms with E-state index >= 15 is 0 Å². The molecule has 3 aliphatic heterocycles. The van der Waals surface area contributed by atoms with Crippen molar-refractivity contribution in [1.29, 1.82) is 0 Å². The molecule has 0 spiro atoms. The molecule has 0 saturated carbocycles. The van der Waals surface area contributed by atoms with Crippen molar-refractivity contribution in [3.63, 3.8) is 0 Å². The number of carbonyl (C=O) groups is 2. The maximum Gasteiger partial charge on any atom is 0.238 e. The number of hydrogen-bond acceptors (Lipinski definition) is 5. The van der Waals surface area contributed by atoms with Crippen LogP contribution in [0.4, 0.5) is 11.4 Å². The van der Waals surface area contributed by atoms with Gasteiger partial charge in [-0.25, -0.2) is 0 Å². The zero-order chi connectivity index (χ0) is 23.5. The molecule has 3 atom stereocenters. The van der Waals surface area contributed by atoms with Crippen LogP contribution in [0.5, 0.6) is 0 Å². The van der Waals surface area contributed by atoms with Crippen LogP contribution in [0.15, 0.2) is 54.6 Å². The molecule has 0 aromatic heterocycles. The van der Waals surface area contributed by atoms with Crippen LogP contribution in [-0.2, 0) is 9.59 Å². The summed E-state index contributed by atoms with van der Waals surface area (Å²) in [4.78, 5) is 29.9. The van der Waals surface area contributed by atoms with Gasteiger partial charge in [0.2, 0.25) is 11.8 Å². The second-order valence-corrected chi connectivity index (χ2v) is 9.96. The highest BCUT2D eigenvalue weighted by Gasteiger charge is 2.54. The molecule has 2 aromatic carbocycles. The van der Waals surface area contributed by atoms with E-state index in [4.69, 9.17) is 0 Å². The van der Waals surface area contributed by atoms with E-state index in [1.54, 1.807) is 6.92 Å². The largest absolute Gasteiger partial charge is 0.372 e. The first kappa shape index (κ1) is 22.9. The van der Waals surface area contributed by atoms with Gasteiger partial charge in [-0.15, -0.1) is 0 Å². The molecule has 3 saturated heterocycles. The molecule has 180 valence electrons. The summed E-state index contributed by atoms with van der Waals surface area (Å²) >= 11 is 0. The van der Waals surface area contributed by atoms with E-state index in [2.05, 4.69) is 62.1 Å². The van der Waals surface area contributed by atoms with Gasteiger partial charge < -0.3 is 20.9 Å². The van der Waals surface area contributed by atoms with Crippen molar-refractivity contribution >= 4 is 23.2 Å². The third-order valence-electron chi connectivity index (χ3n) is 7.58. The highest BCUT2D eigenvalue weighted by Crippen LogP contribution is 2.46. The van der Waals surface area contributed by atoms with Crippen LogP contribution in [0.25, 0.3) is 0 Å². The molecule has 5 rings (SSSR count). The molecule has 2 amide bonds. The monoisotopic (exact) mass is 461 g/mol. The molecule has 3 aliphatic rings. The van der Waals surface area contributed by atoms with Gasteiger partial charge in [-0.05, 0) is 55.6 Å². The summed E-state index contributed by atoms with van der Waals surface area (Å²) in [6, 6.07) is 18.6. The third-order valence-corrected chi connectivity index (χ3v) is 7.58. The molecule has 3 N–H and O–H groups in total.